The summed E-state index contributed by atoms with van der Waals surface area (Å²) in [5, 5.41) is 9.02. The number of nitrogens with one attached hydrogen (secondary N) is 1. The van der Waals surface area contributed by atoms with Gasteiger partial charge in [0, 0.05) is 19.2 Å². The van der Waals surface area contributed by atoms with Gasteiger partial charge in [-0.25, -0.2) is 0 Å². The van der Waals surface area contributed by atoms with Gasteiger partial charge in [-0.15, -0.1) is 0 Å². The van der Waals surface area contributed by atoms with E-state index in [2.05, 4.69) is 4.72 Å². The Balaban J connectivity index is 2.12. The van der Waals surface area contributed by atoms with Crippen LogP contribution in [-0.2, 0) is 15.0 Å². The lowest BCUT2D eigenvalue weighted by molar-refractivity contribution is -0.142. The monoisotopic (exact) mass is 314 g/mol. The molecule has 8 heteroatoms. The SMILES string of the molecule is COc1cccc(NS(=O)(=O)N2CCCC(C(=O)O)C2)c1. The Bertz CT molecular complexity index is 617. The Labute approximate surface area is 123 Å². The van der Waals surface area contributed by atoms with Crippen LogP contribution in [0.3, 0.4) is 0 Å². The lowest BCUT2D eigenvalue weighted by Crippen LogP contribution is -2.44. The summed E-state index contributed by atoms with van der Waals surface area (Å²) in [6.07, 6.45) is 1.04. The van der Waals surface area contributed by atoms with Gasteiger partial charge in [-0.3, -0.25) is 9.52 Å². The number of benzene rings is 1. The van der Waals surface area contributed by atoms with Gasteiger partial charge in [-0.1, -0.05) is 6.07 Å². The summed E-state index contributed by atoms with van der Waals surface area (Å²) in [6, 6.07) is 6.56. The molecule has 1 heterocycles. The molecule has 1 atom stereocenters. The van der Waals surface area contributed by atoms with Gasteiger partial charge in [-0.2, -0.15) is 12.7 Å². The van der Waals surface area contributed by atoms with Crippen LogP contribution >= 0.6 is 0 Å². The summed E-state index contributed by atoms with van der Waals surface area (Å²) in [6.45, 7) is 0.317. The van der Waals surface area contributed by atoms with Crippen molar-refractivity contribution < 1.29 is 23.1 Å². The van der Waals surface area contributed by atoms with Gasteiger partial charge in [0.2, 0.25) is 0 Å². The standard InChI is InChI=1S/C13H18N2O5S/c1-20-12-6-2-5-11(8-12)14-21(18,19)15-7-3-4-10(9-15)13(16)17/h2,5-6,8,10,14H,3-4,7,9H2,1H3,(H,16,17). The van der Waals surface area contributed by atoms with E-state index in [1.807, 2.05) is 0 Å². The zero-order valence-corrected chi connectivity index (χ0v) is 12.5. The molecule has 116 valence electrons. The first kappa shape index (κ1) is 15.6. The zero-order chi connectivity index (χ0) is 15.5. The number of carboxylic acids is 1. The van der Waals surface area contributed by atoms with E-state index >= 15 is 0 Å². The van der Waals surface area contributed by atoms with Crippen LogP contribution in [-0.4, -0.2) is 44.0 Å². The third-order valence-electron chi connectivity index (χ3n) is 3.39. The number of carboxylic acid groups (broad SMARTS) is 1. The molecule has 1 fully saturated rings. The number of hydrogen-bond donors (Lipinski definition) is 2. The average Bonchev–Trinajstić information content (AvgIpc) is 2.47. The number of aliphatic carboxylic acids is 1. The molecule has 0 amide bonds. The number of piperidine rings is 1. The largest absolute Gasteiger partial charge is 0.497 e. The van der Waals surface area contributed by atoms with Crippen LogP contribution in [0.5, 0.6) is 5.75 Å². The van der Waals surface area contributed by atoms with Crippen LogP contribution in [0.2, 0.25) is 0 Å². The van der Waals surface area contributed by atoms with Gasteiger partial charge in [0.25, 0.3) is 0 Å². The number of ether oxygens (including phenoxy) is 1. The lowest BCUT2D eigenvalue weighted by Gasteiger charge is -2.29. The summed E-state index contributed by atoms with van der Waals surface area (Å²) < 4.78 is 33.3. The molecule has 1 aliphatic heterocycles. The first-order valence-corrected chi connectivity index (χ1v) is 8.01. The fourth-order valence-electron chi connectivity index (χ4n) is 2.26. The molecule has 2 N–H and O–H groups in total. The van der Waals surface area contributed by atoms with Crippen molar-refractivity contribution >= 4 is 21.9 Å². The van der Waals surface area contributed by atoms with Crippen molar-refractivity contribution in [3.8, 4) is 5.75 Å². The van der Waals surface area contributed by atoms with Crippen molar-refractivity contribution in [3.05, 3.63) is 24.3 Å². The predicted octanol–water partition coefficient (Wildman–Crippen LogP) is 1.15. The van der Waals surface area contributed by atoms with Crippen molar-refractivity contribution in [1.29, 1.82) is 0 Å². The molecule has 7 nitrogen and oxygen atoms in total. The van der Waals surface area contributed by atoms with Crippen LogP contribution in [0.25, 0.3) is 0 Å². The molecule has 0 saturated carbocycles. The first-order valence-electron chi connectivity index (χ1n) is 6.57. The molecule has 0 aliphatic carbocycles. The topological polar surface area (TPSA) is 95.9 Å². The summed E-state index contributed by atoms with van der Waals surface area (Å²) >= 11 is 0. The normalized spacial score (nSPS) is 20.0. The Kier molecular flexibility index (Phi) is 4.69. The van der Waals surface area contributed by atoms with Crippen LogP contribution < -0.4 is 9.46 Å². The summed E-state index contributed by atoms with van der Waals surface area (Å²) in [4.78, 5) is 11.0. The predicted molar refractivity (Wildman–Crippen MR) is 77.5 cm³/mol. The molecule has 1 aliphatic rings. The van der Waals surface area contributed by atoms with Crippen LogP contribution in [0.1, 0.15) is 12.8 Å². The molecule has 2 rings (SSSR count). The first-order chi connectivity index (χ1) is 9.92. The second-order valence-electron chi connectivity index (χ2n) is 4.87. The summed E-state index contributed by atoms with van der Waals surface area (Å²) in [7, 11) is -2.27. The summed E-state index contributed by atoms with van der Waals surface area (Å²) in [5.41, 5.74) is 0.381. The van der Waals surface area contributed by atoms with E-state index in [0.29, 0.717) is 30.8 Å². The number of nitrogens with zero attached hydrogens (tertiary/aromatic N) is 1. The third-order valence-corrected chi connectivity index (χ3v) is 4.89. The van der Waals surface area contributed by atoms with E-state index in [0.717, 1.165) is 0 Å². The number of hydrogen-bond acceptors (Lipinski definition) is 4. The minimum absolute atomic E-state index is 0.00532. The highest BCUT2D eigenvalue weighted by molar-refractivity contribution is 7.90. The quantitative estimate of drug-likeness (QED) is 0.850. The van der Waals surface area contributed by atoms with Crippen molar-refractivity contribution in [3.63, 3.8) is 0 Å². The Morgan fingerprint density at radius 3 is 2.90 bits per heavy atom. The second-order valence-corrected chi connectivity index (χ2v) is 6.55. The number of carbonyl (C=O) groups is 1. The van der Waals surface area contributed by atoms with E-state index in [4.69, 9.17) is 9.84 Å². The lowest BCUT2D eigenvalue weighted by atomic mass is 10.0. The molecule has 21 heavy (non-hydrogen) atoms. The maximum absolute atomic E-state index is 12.3. The fraction of sp³-hybridized carbons (Fsp3) is 0.462. The Morgan fingerprint density at radius 1 is 1.48 bits per heavy atom. The number of rotatable bonds is 5. The van der Waals surface area contributed by atoms with Crippen molar-refractivity contribution in [1.82, 2.24) is 4.31 Å². The van der Waals surface area contributed by atoms with Gasteiger partial charge in [0.1, 0.15) is 5.75 Å². The maximum atomic E-state index is 12.3. The Morgan fingerprint density at radius 2 is 2.24 bits per heavy atom. The third kappa shape index (κ3) is 3.85. The van der Waals surface area contributed by atoms with E-state index in [1.54, 1.807) is 24.3 Å². The van der Waals surface area contributed by atoms with Crippen molar-refractivity contribution in [2.45, 2.75) is 12.8 Å². The zero-order valence-electron chi connectivity index (χ0n) is 11.7. The Hall–Kier alpha value is -1.80. The van der Waals surface area contributed by atoms with Crippen molar-refractivity contribution in [2.75, 3.05) is 24.9 Å². The molecule has 1 aromatic rings. The highest BCUT2D eigenvalue weighted by Crippen LogP contribution is 2.22. The van der Waals surface area contributed by atoms with Gasteiger partial charge in [0.05, 0.1) is 18.7 Å². The smallest absolute Gasteiger partial charge is 0.307 e. The van der Waals surface area contributed by atoms with E-state index in [9.17, 15) is 13.2 Å². The summed E-state index contributed by atoms with van der Waals surface area (Å²) in [5.74, 6) is -1.07. The van der Waals surface area contributed by atoms with Crippen molar-refractivity contribution in [2.24, 2.45) is 5.92 Å². The van der Waals surface area contributed by atoms with Gasteiger partial charge < -0.3 is 9.84 Å². The van der Waals surface area contributed by atoms with Gasteiger partial charge in [-0.05, 0) is 25.0 Å². The molecule has 1 unspecified atom stereocenters. The number of anilines is 1. The van der Waals surface area contributed by atoms with E-state index < -0.39 is 22.1 Å². The van der Waals surface area contributed by atoms with Gasteiger partial charge in [0.15, 0.2) is 0 Å². The minimum atomic E-state index is -3.76. The molecule has 0 radical (unpaired) electrons. The minimum Gasteiger partial charge on any atom is -0.497 e. The molecule has 0 bridgehead atoms. The van der Waals surface area contributed by atoms with E-state index in [-0.39, 0.29) is 6.54 Å². The van der Waals surface area contributed by atoms with E-state index in [1.165, 1.54) is 11.4 Å². The highest BCUT2D eigenvalue weighted by atomic mass is 32.2. The molecular formula is C13H18N2O5S. The highest BCUT2D eigenvalue weighted by Gasteiger charge is 2.32. The fourth-order valence-corrected chi connectivity index (χ4v) is 3.56. The van der Waals surface area contributed by atoms with Crippen LogP contribution in [0.4, 0.5) is 5.69 Å². The maximum Gasteiger partial charge on any atom is 0.307 e. The molecule has 1 aromatic carbocycles. The molecule has 0 aromatic heterocycles. The molecule has 1 saturated heterocycles. The van der Waals surface area contributed by atoms with Gasteiger partial charge >= 0.3 is 16.2 Å². The van der Waals surface area contributed by atoms with Crippen LogP contribution in [0, 0.1) is 5.92 Å². The number of methoxy groups -OCH3 is 1. The second kappa shape index (κ2) is 6.31. The molecular weight excluding hydrogens is 296 g/mol. The average molecular weight is 314 g/mol. The van der Waals surface area contributed by atoms with Crippen LogP contribution in [0.15, 0.2) is 24.3 Å². The molecule has 0 spiro atoms.